The molecule has 0 saturated heterocycles. The lowest BCUT2D eigenvalue weighted by molar-refractivity contribution is -0.144. The molecule has 8 nitrogen and oxygen atoms in total. The zero-order valence-electron chi connectivity index (χ0n) is 22.4. The van der Waals surface area contributed by atoms with Crippen LogP contribution in [0.1, 0.15) is 68.8 Å². The molecule has 4 N–H and O–H groups in total. The zero-order valence-corrected chi connectivity index (χ0v) is 23.9. The van der Waals surface area contributed by atoms with Crippen LogP contribution in [0.25, 0.3) is 0 Å². The van der Waals surface area contributed by atoms with Gasteiger partial charge in [0.2, 0.25) is 11.8 Å². The minimum atomic E-state index is -1.14. The van der Waals surface area contributed by atoms with Crippen LogP contribution >= 0.6 is 23.2 Å². The summed E-state index contributed by atoms with van der Waals surface area (Å²) in [5.74, 6) is -1.98. The van der Waals surface area contributed by atoms with Gasteiger partial charge in [-0.2, -0.15) is 0 Å². The summed E-state index contributed by atoms with van der Waals surface area (Å²) >= 11 is 12.2. The van der Waals surface area contributed by atoms with Crippen LogP contribution in [0.15, 0.2) is 42.5 Å². The van der Waals surface area contributed by atoms with E-state index in [2.05, 4.69) is 16.0 Å². The molecule has 0 spiro atoms. The smallest absolute Gasteiger partial charge is 0.326 e. The third-order valence-corrected chi connectivity index (χ3v) is 7.69. The maximum absolute atomic E-state index is 13.4. The summed E-state index contributed by atoms with van der Waals surface area (Å²) in [5, 5.41) is 18.7. The highest BCUT2D eigenvalue weighted by atomic mass is 35.5. The molecule has 1 atom stereocenters. The van der Waals surface area contributed by atoms with Gasteiger partial charge in [-0.05, 0) is 49.1 Å². The van der Waals surface area contributed by atoms with Gasteiger partial charge in [-0.25, -0.2) is 4.79 Å². The first-order valence-corrected chi connectivity index (χ1v) is 13.7. The van der Waals surface area contributed by atoms with E-state index in [-0.39, 0.29) is 33.8 Å². The lowest BCUT2D eigenvalue weighted by Gasteiger charge is -2.30. The fraction of sp³-hybridized carbons (Fsp3) is 0.448. The summed E-state index contributed by atoms with van der Waals surface area (Å²) in [5.41, 5.74) is 0.0941. The molecular formula is C29H35Cl2N3O5. The lowest BCUT2D eigenvalue weighted by Crippen LogP contribution is -2.49. The molecule has 0 heterocycles. The molecule has 10 heteroatoms. The van der Waals surface area contributed by atoms with Crippen molar-refractivity contribution >= 4 is 52.6 Å². The van der Waals surface area contributed by atoms with Crippen molar-refractivity contribution in [1.82, 2.24) is 10.6 Å². The van der Waals surface area contributed by atoms with Crippen LogP contribution in [0.5, 0.6) is 0 Å². The minimum absolute atomic E-state index is 0.0719. The average molecular weight is 577 g/mol. The number of carbonyl (C=O) groups is 4. The number of anilines is 1. The second-order valence-electron chi connectivity index (χ2n) is 11.1. The van der Waals surface area contributed by atoms with Crippen LogP contribution in [-0.4, -0.2) is 41.4 Å². The van der Waals surface area contributed by atoms with Crippen LogP contribution in [0.2, 0.25) is 10.0 Å². The molecule has 0 radical (unpaired) electrons. The summed E-state index contributed by atoms with van der Waals surface area (Å²) in [6, 6.07) is 10.4. The Kier molecular flexibility index (Phi) is 10.0. The number of carboxylic acids is 1. The molecule has 0 unspecified atom stereocenters. The van der Waals surface area contributed by atoms with Crippen molar-refractivity contribution in [3.63, 3.8) is 0 Å². The second kappa shape index (κ2) is 12.8. The third-order valence-electron chi connectivity index (χ3n) is 7.06. The maximum Gasteiger partial charge on any atom is 0.326 e. The Bertz CT molecular complexity index is 1200. The van der Waals surface area contributed by atoms with Gasteiger partial charge in [0.1, 0.15) is 6.04 Å². The van der Waals surface area contributed by atoms with E-state index in [1.807, 2.05) is 20.8 Å². The first-order chi connectivity index (χ1) is 18.3. The van der Waals surface area contributed by atoms with Crippen molar-refractivity contribution in [3.05, 3.63) is 63.6 Å². The van der Waals surface area contributed by atoms with E-state index < -0.39 is 28.7 Å². The van der Waals surface area contributed by atoms with Crippen molar-refractivity contribution in [3.8, 4) is 0 Å². The number of amides is 3. The van der Waals surface area contributed by atoms with E-state index >= 15 is 0 Å². The summed E-state index contributed by atoms with van der Waals surface area (Å²) in [6.07, 6.45) is 3.59. The molecule has 1 fully saturated rings. The van der Waals surface area contributed by atoms with Gasteiger partial charge >= 0.3 is 5.97 Å². The van der Waals surface area contributed by atoms with Crippen LogP contribution in [0.4, 0.5) is 5.69 Å². The van der Waals surface area contributed by atoms with Crippen molar-refractivity contribution in [2.75, 3.05) is 11.9 Å². The fourth-order valence-electron chi connectivity index (χ4n) is 4.70. The number of carboxylic acid groups (broad SMARTS) is 1. The highest BCUT2D eigenvalue weighted by molar-refractivity contribution is 6.40. The van der Waals surface area contributed by atoms with Crippen LogP contribution in [-0.2, 0) is 20.8 Å². The van der Waals surface area contributed by atoms with Gasteiger partial charge in [-0.3, -0.25) is 14.4 Å². The number of benzene rings is 2. The van der Waals surface area contributed by atoms with Crippen molar-refractivity contribution in [2.45, 2.75) is 65.3 Å². The number of halogens is 2. The topological polar surface area (TPSA) is 125 Å². The molecule has 0 bridgehead atoms. The third kappa shape index (κ3) is 7.96. The Labute approximate surface area is 238 Å². The quantitative estimate of drug-likeness (QED) is 0.299. The largest absolute Gasteiger partial charge is 0.480 e. The van der Waals surface area contributed by atoms with Crippen molar-refractivity contribution in [1.29, 1.82) is 0 Å². The van der Waals surface area contributed by atoms with E-state index in [4.69, 9.17) is 23.2 Å². The maximum atomic E-state index is 13.4. The SMILES string of the molecule is CC(C)(C)C(=O)NCCC1(C(=O)N[C@@H](Cc2ccc(NC(=O)c3c(Cl)cccc3Cl)cc2)C(=O)O)CCCC1. The fourth-order valence-corrected chi connectivity index (χ4v) is 5.27. The Balaban J connectivity index is 1.63. The highest BCUT2D eigenvalue weighted by Gasteiger charge is 2.42. The van der Waals surface area contributed by atoms with Gasteiger partial charge in [0.15, 0.2) is 0 Å². The predicted octanol–water partition coefficient (Wildman–Crippen LogP) is 5.47. The van der Waals surface area contributed by atoms with Gasteiger partial charge in [0, 0.05) is 24.1 Å². The minimum Gasteiger partial charge on any atom is -0.480 e. The highest BCUT2D eigenvalue weighted by Crippen LogP contribution is 2.41. The van der Waals surface area contributed by atoms with Gasteiger partial charge in [-0.15, -0.1) is 0 Å². The van der Waals surface area contributed by atoms with Crippen molar-refractivity contribution < 1.29 is 24.3 Å². The van der Waals surface area contributed by atoms with Gasteiger partial charge in [-0.1, -0.05) is 75.0 Å². The summed E-state index contributed by atoms with van der Waals surface area (Å²) in [7, 11) is 0. The second-order valence-corrected chi connectivity index (χ2v) is 11.9. The normalized spacial score (nSPS) is 15.3. The average Bonchev–Trinajstić information content (AvgIpc) is 3.34. The first-order valence-electron chi connectivity index (χ1n) is 13.0. The number of hydrogen-bond donors (Lipinski definition) is 4. The first kappa shape index (κ1) is 30.4. The molecule has 0 aliphatic heterocycles. The molecule has 0 aromatic heterocycles. The van der Waals surface area contributed by atoms with E-state index in [1.54, 1.807) is 42.5 Å². The summed E-state index contributed by atoms with van der Waals surface area (Å²) in [4.78, 5) is 50.3. The Morgan fingerprint density at radius 3 is 2.10 bits per heavy atom. The standard InChI is InChI=1S/C29H35Cl2N3O5/c1-28(2,3)26(38)32-16-15-29(13-4-5-14-29)27(39)34-22(25(36)37)17-18-9-11-19(12-10-18)33-24(35)23-20(30)7-6-8-21(23)31/h6-12,22H,4-5,13-17H2,1-3H3,(H,32,38)(H,33,35)(H,34,39)(H,36,37)/t22-/m0/s1. The summed E-state index contributed by atoms with van der Waals surface area (Å²) in [6.45, 7) is 5.83. The van der Waals surface area contributed by atoms with E-state index in [0.29, 0.717) is 37.1 Å². The van der Waals surface area contributed by atoms with Gasteiger partial charge in [0.05, 0.1) is 21.0 Å². The van der Waals surface area contributed by atoms with E-state index in [0.717, 1.165) is 12.8 Å². The molecular weight excluding hydrogens is 541 g/mol. The van der Waals surface area contributed by atoms with Crippen LogP contribution in [0, 0.1) is 10.8 Å². The lowest BCUT2D eigenvalue weighted by atomic mass is 9.81. The number of hydrogen-bond acceptors (Lipinski definition) is 4. The molecule has 3 rings (SSSR count). The predicted molar refractivity (Wildman–Crippen MR) is 152 cm³/mol. The number of carbonyl (C=O) groups excluding carboxylic acids is 3. The van der Waals surface area contributed by atoms with E-state index in [1.165, 1.54) is 0 Å². The molecule has 1 saturated carbocycles. The molecule has 1 aliphatic rings. The molecule has 2 aromatic rings. The monoisotopic (exact) mass is 575 g/mol. The number of aliphatic carboxylic acids is 1. The molecule has 210 valence electrons. The number of nitrogens with one attached hydrogen (secondary N) is 3. The Morgan fingerprint density at radius 2 is 1.56 bits per heavy atom. The van der Waals surface area contributed by atoms with Crippen LogP contribution < -0.4 is 16.0 Å². The van der Waals surface area contributed by atoms with Gasteiger partial charge in [0.25, 0.3) is 5.91 Å². The molecule has 2 aromatic carbocycles. The Morgan fingerprint density at radius 1 is 0.974 bits per heavy atom. The van der Waals surface area contributed by atoms with Gasteiger partial charge < -0.3 is 21.1 Å². The molecule has 3 amide bonds. The zero-order chi connectivity index (χ0) is 28.8. The molecule has 39 heavy (non-hydrogen) atoms. The molecule has 1 aliphatic carbocycles. The number of rotatable bonds is 10. The summed E-state index contributed by atoms with van der Waals surface area (Å²) < 4.78 is 0. The Hall–Kier alpha value is -3.10. The van der Waals surface area contributed by atoms with E-state index in [9.17, 15) is 24.3 Å². The van der Waals surface area contributed by atoms with Crippen molar-refractivity contribution in [2.24, 2.45) is 10.8 Å². The van der Waals surface area contributed by atoms with Crippen LogP contribution in [0.3, 0.4) is 0 Å².